The smallest absolute Gasteiger partial charge is 0.261 e. The third-order valence-corrected chi connectivity index (χ3v) is 6.88. The molecule has 5 nitrogen and oxygen atoms in total. The van der Waals surface area contributed by atoms with Crippen molar-refractivity contribution >= 4 is 23.2 Å². The van der Waals surface area contributed by atoms with E-state index < -0.39 is 5.91 Å². The highest BCUT2D eigenvalue weighted by molar-refractivity contribution is 7.17. The van der Waals surface area contributed by atoms with Crippen LogP contribution in [0.2, 0.25) is 0 Å². The summed E-state index contributed by atoms with van der Waals surface area (Å²) in [5, 5.41) is 3.26. The molecule has 2 aromatic rings. The number of thiophene rings is 1. The minimum Gasteiger partial charge on any atom is -0.366 e. The van der Waals surface area contributed by atoms with E-state index in [0.717, 1.165) is 36.4 Å². The van der Waals surface area contributed by atoms with Gasteiger partial charge in [-0.15, -0.1) is 11.3 Å². The quantitative estimate of drug-likeness (QED) is 0.870. The molecule has 3 aliphatic rings. The lowest BCUT2D eigenvalue weighted by molar-refractivity contribution is 0.0218. The molecule has 2 amide bonds. The molecular weight excluding hydrogens is 346 g/mol. The van der Waals surface area contributed by atoms with Crippen LogP contribution in [-0.4, -0.2) is 41.9 Å². The van der Waals surface area contributed by atoms with E-state index in [0.29, 0.717) is 22.4 Å². The number of carbonyl (C=O) groups is 2. The zero-order valence-electron chi connectivity index (χ0n) is 14.8. The standard InChI is InChI=1S/C20H23N3O2S/c1-12-18(13-8-10-23(12)11-9-13)22-20(25)17-7-6-16(26-17)14-4-2-3-5-15(14)19(21)24/h2-7,12-13,18H,8-11H2,1H3,(H2,21,24)(H,22,25)/t12-,18+/m1/s1. The number of nitrogens with one attached hydrogen (secondary N) is 1. The second-order valence-corrected chi connectivity index (χ2v) is 8.27. The van der Waals surface area contributed by atoms with E-state index in [1.165, 1.54) is 11.3 Å². The average molecular weight is 369 g/mol. The number of amides is 2. The number of nitrogens with two attached hydrogens (primary N) is 1. The van der Waals surface area contributed by atoms with E-state index in [1.54, 1.807) is 12.1 Å². The van der Waals surface area contributed by atoms with E-state index in [2.05, 4.69) is 17.1 Å². The maximum absolute atomic E-state index is 12.8. The van der Waals surface area contributed by atoms with Crippen molar-refractivity contribution in [2.45, 2.75) is 31.8 Å². The largest absolute Gasteiger partial charge is 0.366 e. The first-order chi connectivity index (χ1) is 12.5. The Bertz CT molecular complexity index is 837. The molecule has 26 heavy (non-hydrogen) atoms. The van der Waals surface area contributed by atoms with Crippen molar-refractivity contribution in [3.63, 3.8) is 0 Å². The fourth-order valence-electron chi connectivity index (χ4n) is 4.29. The van der Waals surface area contributed by atoms with Crippen molar-refractivity contribution in [1.82, 2.24) is 10.2 Å². The van der Waals surface area contributed by atoms with Crippen LogP contribution in [0.3, 0.4) is 0 Å². The van der Waals surface area contributed by atoms with Crippen molar-refractivity contribution in [1.29, 1.82) is 0 Å². The first-order valence-electron chi connectivity index (χ1n) is 9.08. The van der Waals surface area contributed by atoms with Crippen LogP contribution in [0.5, 0.6) is 0 Å². The van der Waals surface area contributed by atoms with Gasteiger partial charge in [0.2, 0.25) is 5.91 Å². The van der Waals surface area contributed by atoms with Crippen LogP contribution >= 0.6 is 11.3 Å². The Kier molecular flexibility index (Phi) is 4.54. The SMILES string of the molecule is C[C@@H]1[C@H](NC(=O)c2ccc(-c3ccccc3C(N)=O)s2)C2CCN1CC2. The second-order valence-electron chi connectivity index (χ2n) is 7.19. The molecule has 6 heteroatoms. The first kappa shape index (κ1) is 17.2. The Balaban J connectivity index is 1.53. The Morgan fingerprint density at radius 1 is 1.15 bits per heavy atom. The Labute approximate surface area is 157 Å². The van der Waals surface area contributed by atoms with Crippen LogP contribution in [0.25, 0.3) is 10.4 Å². The molecule has 3 saturated heterocycles. The molecule has 2 bridgehead atoms. The molecule has 0 saturated carbocycles. The minimum atomic E-state index is -0.457. The second kappa shape index (κ2) is 6.85. The van der Waals surface area contributed by atoms with Gasteiger partial charge in [-0.2, -0.15) is 0 Å². The normalized spacial score (nSPS) is 27.3. The predicted molar refractivity (Wildman–Crippen MR) is 103 cm³/mol. The number of fused-ring (bicyclic) bond motifs is 3. The number of primary amides is 1. The molecule has 3 fully saturated rings. The summed E-state index contributed by atoms with van der Waals surface area (Å²) in [5.74, 6) is 0.0958. The van der Waals surface area contributed by atoms with Crippen LogP contribution in [-0.2, 0) is 0 Å². The fourth-order valence-corrected chi connectivity index (χ4v) is 5.23. The monoisotopic (exact) mass is 369 g/mol. The Morgan fingerprint density at radius 2 is 1.88 bits per heavy atom. The van der Waals surface area contributed by atoms with Crippen molar-refractivity contribution in [3.8, 4) is 10.4 Å². The summed E-state index contributed by atoms with van der Waals surface area (Å²) >= 11 is 1.40. The van der Waals surface area contributed by atoms with Crippen molar-refractivity contribution < 1.29 is 9.59 Å². The predicted octanol–water partition coefficient (Wildman–Crippen LogP) is 2.73. The van der Waals surface area contributed by atoms with Crippen LogP contribution in [0.15, 0.2) is 36.4 Å². The van der Waals surface area contributed by atoms with Gasteiger partial charge >= 0.3 is 0 Å². The maximum atomic E-state index is 12.8. The third-order valence-electron chi connectivity index (χ3n) is 5.76. The van der Waals surface area contributed by atoms with E-state index in [-0.39, 0.29) is 11.9 Å². The molecule has 4 heterocycles. The van der Waals surface area contributed by atoms with Gasteiger partial charge in [-0.1, -0.05) is 18.2 Å². The molecule has 5 rings (SSSR count). The molecule has 0 spiro atoms. The van der Waals surface area contributed by atoms with E-state index >= 15 is 0 Å². The summed E-state index contributed by atoms with van der Waals surface area (Å²) in [6.07, 6.45) is 2.33. The van der Waals surface area contributed by atoms with E-state index in [4.69, 9.17) is 5.73 Å². The molecule has 3 N–H and O–H groups in total. The summed E-state index contributed by atoms with van der Waals surface area (Å²) in [6.45, 7) is 4.50. The number of hydrogen-bond acceptors (Lipinski definition) is 4. The summed E-state index contributed by atoms with van der Waals surface area (Å²) < 4.78 is 0. The van der Waals surface area contributed by atoms with Gasteiger partial charge in [0.05, 0.1) is 4.88 Å². The van der Waals surface area contributed by atoms with Gasteiger partial charge in [0, 0.05) is 28.1 Å². The van der Waals surface area contributed by atoms with Crippen molar-refractivity contribution in [2.24, 2.45) is 11.7 Å². The molecule has 2 atom stereocenters. The highest BCUT2D eigenvalue weighted by Crippen LogP contribution is 2.34. The summed E-state index contributed by atoms with van der Waals surface area (Å²) in [6, 6.07) is 11.6. The summed E-state index contributed by atoms with van der Waals surface area (Å²) in [7, 11) is 0. The average Bonchev–Trinajstić information content (AvgIpc) is 3.15. The zero-order chi connectivity index (χ0) is 18.3. The van der Waals surface area contributed by atoms with Crippen LogP contribution in [0.1, 0.15) is 39.8 Å². The maximum Gasteiger partial charge on any atom is 0.261 e. The van der Waals surface area contributed by atoms with E-state index in [1.807, 2.05) is 24.3 Å². The molecule has 1 aromatic carbocycles. The molecule has 0 unspecified atom stereocenters. The van der Waals surface area contributed by atoms with Gasteiger partial charge < -0.3 is 11.1 Å². The van der Waals surface area contributed by atoms with Crippen molar-refractivity contribution in [3.05, 3.63) is 46.8 Å². The van der Waals surface area contributed by atoms with Gasteiger partial charge in [0.1, 0.15) is 0 Å². The Hall–Kier alpha value is -2.18. The number of rotatable bonds is 4. The highest BCUT2D eigenvalue weighted by Gasteiger charge is 2.40. The van der Waals surface area contributed by atoms with E-state index in [9.17, 15) is 9.59 Å². The Morgan fingerprint density at radius 3 is 2.58 bits per heavy atom. The number of piperidine rings is 3. The van der Waals surface area contributed by atoms with Gasteiger partial charge in [-0.25, -0.2) is 0 Å². The lowest BCUT2D eigenvalue weighted by atomic mass is 9.79. The van der Waals surface area contributed by atoms with Gasteiger partial charge in [0.15, 0.2) is 0 Å². The first-order valence-corrected chi connectivity index (χ1v) is 9.90. The van der Waals surface area contributed by atoms with Crippen LogP contribution in [0.4, 0.5) is 0 Å². The lowest BCUT2D eigenvalue weighted by Crippen LogP contribution is -2.62. The van der Waals surface area contributed by atoms with Gasteiger partial charge in [-0.3, -0.25) is 14.5 Å². The molecule has 1 aromatic heterocycles. The molecule has 136 valence electrons. The fraction of sp³-hybridized carbons (Fsp3) is 0.400. The zero-order valence-corrected chi connectivity index (χ0v) is 15.6. The van der Waals surface area contributed by atoms with Gasteiger partial charge in [-0.05, 0) is 57.0 Å². The lowest BCUT2D eigenvalue weighted by Gasteiger charge is -2.49. The summed E-state index contributed by atoms with van der Waals surface area (Å²) in [4.78, 5) is 28.5. The molecular formula is C20H23N3O2S. The van der Waals surface area contributed by atoms with Crippen LogP contribution < -0.4 is 11.1 Å². The topological polar surface area (TPSA) is 75.4 Å². The number of carbonyl (C=O) groups excluding carboxylic acids is 2. The van der Waals surface area contributed by atoms with Crippen molar-refractivity contribution in [2.75, 3.05) is 13.1 Å². The molecule has 3 aliphatic heterocycles. The number of benzene rings is 1. The minimum absolute atomic E-state index is 0.0246. The summed E-state index contributed by atoms with van der Waals surface area (Å²) in [5.41, 5.74) is 6.73. The van der Waals surface area contributed by atoms with Gasteiger partial charge in [0.25, 0.3) is 5.91 Å². The third kappa shape index (κ3) is 3.04. The van der Waals surface area contributed by atoms with Crippen LogP contribution in [0, 0.1) is 5.92 Å². The number of hydrogen-bond donors (Lipinski definition) is 2. The number of nitrogens with zero attached hydrogens (tertiary/aromatic N) is 1. The molecule has 0 aliphatic carbocycles. The molecule has 0 radical (unpaired) electrons. The highest BCUT2D eigenvalue weighted by atomic mass is 32.1.